The first-order valence-corrected chi connectivity index (χ1v) is 12.7. The number of benzene rings is 1. The van der Waals surface area contributed by atoms with Gasteiger partial charge in [0.15, 0.2) is 9.84 Å². The predicted molar refractivity (Wildman–Crippen MR) is 132 cm³/mol. The predicted octanol–water partition coefficient (Wildman–Crippen LogP) is 7.60. The van der Waals surface area contributed by atoms with Gasteiger partial charge in [-0.1, -0.05) is 27.4 Å². The highest BCUT2D eigenvalue weighted by Crippen LogP contribution is 2.29. The lowest BCUT2D eigenvalue weighted by Crippen LogP contribution is -2.08. The van der Waals surface area contributed by atoms with Gasteiger partial charge in [0.05, 0.1) is 16.3 Å². The van der Waals surface area contributed by atoms with Crippen molar-refractivity contribution in [1.29, 1.82) is 0 Å². The Bertz CT molecular complexity index is 1300. The highest BCUT2D eigenvalue weighted by atomic mass is 32.2. The quantitative estimate of drug-likeness (QED) is 0.327. The van der Waals surface area contributed by atoms with Crippen LogP contribution in [0.3, 0.4) is 0 Å². The maximum atomic E-state index is 13.3. The second-order valence-corrected chi connectivity index (χ2v) is 9.81. The molecule has 0 spiro atoms. The first-order chi connectivity index (χ1) is 16.7. The number of sulfone groups is 1. The average Bonchev–Trinajstić information content (AvgIpc) is 2.80. The van der Waals surface area contributed by atoms with Crippen LogP contribution >= 0.6 is 0 Å². The van der Waals surface area contributed by atoms with Crippen LogP contribution in [0.25, 0.3) is 16.7 Å². The van der Waals surface area contributed by atoms with Crippen molar-refractivity contribution < 1.29 is 30.4 Å². The molecule has 0 atom stereocenters. The van der Waals surface area contributed by atoms with E-state index in [1.54, 1.807) is 20.8 Å². The van der Waals surface area contributed by atoms with Crippen molar-refractivity contribution in [3.8, 4) is 11.1 Å². The second kappa shape index (κ2) is 12.7. The Morgan fingerprint density at radius 2 is 1.44 bits per heavy atom. The van der Waals surface area contributed by atoms with Gasteiger partial charge in [0, 0.05) is 24.0 Å². The summed E-state index contributed by atoms with van der Waals surface area (Å²) in [5.41, 5.74) is 1.87. The van der Waals surface area contributed by atoms with Crippen LogP contribution in [0.1, 0.15) is 50.2 Å². The molecule has 0 unspecified atom stereocenters. The lowest BCUT2D eigenvalue weighted by molar-refractivity contribution is -0.141. The molecule has 0 aliphatic heterocycles. The molecule has 3 rings (SSSR count). The van der Waals surface area contributed by atoms with Crippen molar-refractivity contribution in [2.24, 2.45) is 0 Å². The molecule has 2 heterocycles. The summed E-state index contributed by atoms with van der Waals surface area (Å²) in [6.45, 7) is 14.2. The van der Waals surface area contributed by atoms with Crippen LogP contribution in [0.15, 0.2) is 54.2 Å². The van der Waals surface area contributed by atoms with Crippen molar-refractivity contribution in [3.63, 3.8) is 0 Å². The van der Waals surface area contributed by atoms with Crippen molar-refractivity contribution in [3.05, 3.63) is 83.5 Å². The van der Waals surface area contributed by atoms with Crippen LogP contribution in [0, 0.1) is 25.5 Å². The van der Waals surface area contributed by atoms with E-state index in [0.717, 1.165) is 29.8 Å². The zero-order valence-corrected chi connectivity index (χ0v) is 21.8. The molecule has 0 aliphatic rings. The fourth-order valence-electron chi connectivity index (χ4n) is 2.82. The smallest absolute Gasteiger partial charge is 0.255 e. The summed E-state index contributed by atoms with van der Waals surface area (Å²) < 4.78 is 87.2. The first-order valence-electron chi connectivity index (χ1n) is 11.0. The van der Waals surface area contributed by atoms with Crippen LogP contribution in [0.5, 0.6) is 0 Å². The van der Waals surface area contributed by atoms with Gasteiger partial charge in [-0.3, -0.25) is 9.97 Å². The molecular formula is C26H29F5N2O2S. The summed E-state index contributed by atoms with van der Waals surface area (Å²) in [7, 11) is -3.54. The van der Waals surface area contributed by atoms with Crippen molar-refractivity contribution in [1.82, 2.24) is 9.97 Å². The standard InChI is InChI=1S/C16H15F2NO2S.C8H8F3N.C2H6/c1-4-22(20,21)15-7-12(9-19-16(15)10(2)3)11-5-13(17)8-14(18)6-11;1-5-3-7(8(9,10)11)12-4-6(5)2;1-2/h5-9H,2,4H2,1,3H3;3-4H,1-2H3;1-2H3. The zero-order chi connectivity index (χ0) is 27.8. The van der Waals surface area contributed by atoms with E-state index in [0.29, 0.717) is 16.7 Å². The molecule has 36 heavy (non-hydrogen) atoms. The molecule has 0 amide bonds. The lowest BCUT2D eigenvalue weighted by atomic mass is 10.1. The number of nitrogens with zero attached hydrogens (tertiary/aromatic N) is 2. The minimum Gasteiger partial charge on any atom is -0.255 e. The SMILES string of the molecule is C=C(C)c1ncc(-c2cc(F)cc(F)c2)cc1S(=O)(=O)CC.CC.Cc1cnc(C(F)(F)F)cc1C. The van der Waals surface area contributed by atoms with Crippen molar-refractivity contribution >= 4 is 15.4 Å². The number of rotatable bonds is 4. The third-order valence-corrected chi connectivity index (χ3v) is 6.57. The van der Waals surface area contributed by atoms with Gasteiger partial charge in [-0.2, -0.15) is 13.2 Å². The second-order valence-electron chi connectivity index (χ2n) is 7.56. The van der Waals surface area contributed by atoms with Gasteiger partial charge in [0.25, 0.3) is 0 Å². The summed E-state index contributed by atoms with van der Waals surface area (Å²) in [6.07, 6.45) is -1.72. The van der Waals surface area contributed by atoms with E-state index in [4.69, 9.17) is 0 Å². The molecule has 0 N–H and O–H groups in total. The van der Waals surface area contributed by atoms with E-state index in [-0.39, 0.29) is 21.9 Å². The molecular weight excluding hydrogens is 499 g/mol. The van der Waals surface area contributed by atoms with Gasteiger partial charge in [0.1, 0.15) is 17.3 Å². The molecule has 0 bridgehead atoms. The molecule has 4 nitrogen and oxygen atoms in total. The molecule has 3 aromatic rings. The Morgan fingerprint density at radius 1 is 0.889 bits per heavy atom. The van der Waals surface area contributed by atoms with Crippen molar-refractivity contribution in [2.75, 3.05) is 5.75 Å². The number of aromatic nitrogens is 2. The van der Waals surface area contributed by atoms with Crippen LogP contribution < -0.4 is 0 Å². The van der Waals surface area contributed by atoms with Crippen LogP contribution in [0.2, 0.25) is 0 Å². The number of pyridine rings is 2. The van der Waals surface area contributed by atoms with Gasteiger partial charge in [0.2, 0.25) is 0 Å². The highest BCUT2D eigenvalue weighted by Gasteiger charge is 2.32. The van der Waals surface area contributed by atoms with Gasteiger partial charge in [-0.25, -0.2) is 17.2 Å². The lowest BCUT2D eigenvalue weighted by Gasteiger charge is -2.11. The Morgan fingerprint density at radius 3 is 1.89 bits per heavy atom. The van der Waals surface area contributed by atoms with Crippen LogP contribution in [-0.4, -0.2) is 24.1 Å². The van der Waals surface area contributed by atoms with Gasteiger partial charge < -0.3 is 0 Å². The number of halogens is 5. The van der Waals surface area contributed by atoms with Crippen molar-refractivity contribution in [2.45, 2.75) is 52.6 Å². The van der Waals surface area contributed by atoms with E-state index < -0.39 is 33.3 Å². The molecule has 0 radical (unpaired) electrons. The van der Waals surface area contributed by atoms with E-state index in [1.807, 2.05) is 13.8 Å². The normalized spacial score (nSPS) is 11.1. The summed E-state index contributed by atoms with van der Waals surface area (Å²) in [4.78, 5) is 7.41. The topological polar surface area (TPSA) is 59.9 Å². The molecule has 196 valence electrons. The van der Waals surface area contributed by atoms with Crippen LogP contribution in [0.4, 0.5) is 22.0 Å². The average molecular weight is 529 g/mol. The fraction of sp³-hybridized carbons (Fsp3) is 0.308. The van der Waals surface area contributed by atoms with Gasteiger partial charge in [-0.15, -0.1) is 0 Å². The third-order valence-electron chi connectivity index (χ3n) is 4.83. The minimum absolute atomic E-state index is 0.0182. The zero-order valence-electron chi connectivity index (χ0n) is 21.0. The monoisotopic (exact) mass is 528 g/mol. The Labute approximate surface area is 208 Å². The number of hydrogen-bond acceptors (Lipinski definition) is 4. The Balaban J connectivity index is 0.000000391. The number of allylic oxidation sites excluding steroid dienone is 1. The molecule has 0 saturated heterocycles. The van der Waals surface area contributed by atoms with E-state index in [9.17, 15) is 30.4 Å². The van der Waals surface area contributed by atoms with Gasteiger partial charge in [-0.05, 0) is 67.3 Å². The molecule has 0 fully saturated rings. The first kappa shape index (κ1) is 30.9. The van der Waals surface area contributed by atoms with E-state index in [2.05, 4.69) is 16.5 Å². The summed E-state index contributed by atoms with van der Waals surface area (Å²) in [5.74, 6) is -1.58. The minimum atomic E-state index is -4.33. The number of hydrogen-bond donors (Lipinski definition) is 0. The van der Waals surface area contributed by atoms with Crippen LogP contribution in [-0.2, 0) is 16.0 Å². The summed E-state index contributed by atoms with van der Waals surface area (Å²) >= 11 is 0. The molecule has 0 saturated carbocycles. The maximum Gasteiger partial charge on any atom is 0.433 e. The number of alkyl halides is 3. The molecule has 0 aliphatic carbocycles. The van der Waals surface area contributed by atoms with E-state index in [1.165, 1.54) is 25.4 Å². The molecule has 1 aromatic carbocycles. The fourth-order valence-corrected chi connectivity index (χ4v) is 3.95. The van der Waals surface area contributed by atoms with Gasteiger partial charge >= 0.3 is 6.18 Å². The third kappa shape index (κ3) is 8.22. The maximum absolute atomic E-state index is 13.3. The molecule has 2 aromatic heterocycles. The number of aryl methyl sites for hydroxylation is 2. The largest absolute Gasteiger partial charge is 0.433 e. The van der Waals surface area contributed by atoms with E-state index >= 15 is 0 Å². The highest BCUT2D eigenvalue weighted by molar-refractivity contribution is 7.91. The summed E-state index contributed by atoms with van der Waals surface area (Å²) in [6, 6.07) is 5.44. The molecule has 10 heteroatoms. The Kier molecular flexibility index (Phi) is 10.9. The Hall–Kier alpha value is -3.14. The summed E-state index contributed by atoms with van der Waals surface area (Å²) in [5, 5.41) is 0.